The van der Waals surface area contributed by atoms with E-state index in [1.54, 1.807) is 0 Å². The first-order chi connectivity index (χ1) is 5.41. The molecule has 0 spiro atoms. The number of ether oxygens (including phenoxy) is 2. The van der Waals surface area contributed by atoms with Crippen LogP contribution in [0.25, 0.3) is 0 Å². The SMILES string of the molecule is CCCCOCCOCCI. The van der Waals surface area contributed by atoms with E-state index >= 15 is 0 Å². The average molecular weight is 272 g/mol. The van der Waals surface area contributed by atoms with Crippen molar-refractivity contribution in [3.8, 4) is 0 Å². The lowest BCUT2D eigenvalue weighted by atomic mass is 10.4. The number of hydrogen-bond acceptors (Lipinski definition) is 2. The Bertz CT molecular complexity index is 61.1. The summed E-state index contributed by atoms with van der Waals surface area (Å²) in [5.74, 6) is 0. The molecule has 0 fully saturated rings. The second-order valence-corrected chi connectivity index (χ2v) is 3.35. The monoisotopic (exact) mass is 272 g/mol. The third-order valence-corrected chi connectivity index (χ3v) is 1.68. The van der Waals surface area contributed by atoms with E-state index in [9.17, 15) is 0 Å². The maximum absolute atomic E-state index is 5.29. The minimum Gasteiger partial charge on any atom is -0.379 e. The molecule has 0 radical (unpaired) electrons. The Hall–Kier alpha value is 0.650. The Morgan fingerprint density at radius 1 is 1.00 bits per heavy atom. The zero-order valence-corrected chi connectivity index (χ0v) is 9.30. The van der Waals surface area contributed by atoms with E-state index in [-0.39, 0.29) is 0 Å². The third kappa shape index (κ3) is 10.7. The van der Waals surface area contributed by atoms with Gasteiger partial charge in [0.2, 0.25) is 0 Å². The zero-order valence-electron chi connectivity index (χ0n) is 7.14. The standard InChI is InChI=1S/C8H17IO2/c1-2-3-5-10-7-8-11-6-4-9/h2-8H2,1H3. The Morgan fingerprint density at radius 2 is 1.64 bits per heavy atom. The van der Waals surface area contributed by atoms with Crippen molar-refractivity contribution in [2.45, 2.75) is 19.8 Å². The van der Waals surface area contributed by atoms with Gasteiger partial charge in [-0.15, -0.1) is 0 Å². The van der Waals surface area contributed by atoms with Crippen LogP contribution in [0, 0.1) is 0 Å². The number of alkyl halides is 1. The molecule has 0 aliphatic rings. The highest BCUT2D eigenvalue weighted by molar-refractivity contribution is 14.1. The van der Waals surface area contributed by atoms with Gasteiger partial charge in [0.15, 0.2) is 0 Å². The topological polar surface area (TPSA) is 18.5 Å². The quantitative estimate of drug-likeness (QED) is 0.383. The summed E-state index contributed by atoms with van der Waals surface area (Å²) in [6.45, 7) is 5.38. The van der Waals surface area contributed by atoms with E-state index in [0.717, 1.165) is 37.3 Å². The van der Waals surface area contributed by atoms with Crippen molar-refractivity contribution in [1.82, 2.24) is 0 Å². The van der Waals surface area contributed by atoms with Crippen LogP contribution >= 0.6 is 22.6 Å². The predicted molar refractivity (Wildman–Crippen MR) is 55.4 cm³/mol. The minimum absolute atomic E-state index is 0.743. The molecule has 0 bridgehead atoms. The van der Waals surface area contributed by atoms with Crippen LogP contribution < -0.4 is 0 Å². The van der Waals surface area contributed by atoms with Gasteiger partial charge in [0, 0.05) is 11.0 Å². The summed E-state index contributed by atoms with van der Waals surface area (Å²) in [4.78, 5) is 0. The molecule has 0 aliphatic heterocycles. The second-order valence-electron chi connectivity index (χ2n) is 2.27. The van der Waals surface area contributed by atoms with E-state index < -0.39 is 0 Å². The number of unbranched alkanes of at least 4 members (excludes halogenated alkanes) is 1. The molecule has 3 heteroatoms. The second kappa shape index (κ2) is 10.7. The molecule has 0 aromatic carbocycles. The van der Waals surface area contributed by atoms with E-state index in [4.69, 9.17) is 9.47 Å². The molecule has 0 amide bonds. The zero-order chi connectivity index (χ0) is 8.36. The van der Waals surface area contributed by atoms with Gasteiger partial charge >= 0.3 is 0 Å². The van der Waals surface area contributed by atoms with Crippen molar-refractivity contribution >= 4 is 22.6 Å². The smallest absolute Gasteiger partial charge is 0.0700 e. The number of rotatable bonds is 8. The van der Waals surface area contributed by atoms with Gasteiger partial charge in [-0.25, -0.2) is 0 Å². The summed E-state index contributed by atoms with van der Waals surface area (Å²) in [7, 11) is 0. The fourth-order valence-electron chi connectivity index (χ4n) is 0.623. The average Bonchev–Trinajstić information content (AvgIpc) is 2.03. The van der Waals surface area contributed by atoms with Gasteiger partial charge < -0.3 is 9.47 Å². The Morgan fingerprint density at radius 3 is 2.18 bits per heavy atom. The molecule has 0 unspecified atom stereocenters. The van der Waals surface area contributed by atoms with Gasteiger partial charge in [-0.3, -0.25) is 0 Å². The molecule has 0 aliphatic carbocycles. The van der Waals surface area contributed by atoms with Crippen LogP contribution in [0.15, 0.2) is 0 Å². The molecule has 2 nitrogen and oxygen atoms in total. The molecular formula is C8H17IO2. The highest BCUT2D eigenvalue weighted by atomic mass is 127. The fourth-order valence-corrected chi connectivity index (χ4v) is 0.934. The molecule has 0 saturated heterocycles. The van der Waals surface area contributed by atoms with Crippen molar-refractivity contribution < 1.29 is 9.47 Å². The minimum atomic E-state index is 0.743. The van der Waals surface area contributed by atoms with Gasteiger partial charge in [-0.1, -0.05) is 35.9 Å². The lowest BCUT2D eigenvalue weighted by Gasteiger charge is -2.02. The van der Waals surface area contributed by atoms with Crippen LogP contribution in [0.4, 0.5) is 0 Å². The van der Waals surface area contributed by atoms with Crippen LogP contribution in [0.1, 0.15) is 19.8 Å². The van der Waals surface area contributed by atoms with Crippen LogP contribution in [0.5, 0.6) is 0 Å². The molecule has 0 heterocycles. The lowest BCUT2D eigenvalue weighted by molar-refractivity contribution is 0.0533. The molecule has 0 rings (SSSR count). The van der Waals surface area contributed by atoms with Gasteiger partial charge in [-0.2, -0.15) is 0 Å². The Labute approximate surface area is 82.8 Å². The molecule has 0 atom stereocenters. The fraction of sp³-hybridized carbons (Fsp3) is 1.00. The third-order valence-electron chi connectivity index (χ3n) is 1.24. The van der Waals surface area contributed by atoms with E-state index in [2.05, 4.69) is 29.5 Å². The van der Waals surface area contributed by atoms with E-state index in [0.29, 0.717) is 0 Å². The van der Waals surface area contributed by atoms with Crippen molar-refractivity contribution in [2.24, 2.45) is 0 Å². The number of hydrogen-bond donors (Lipinski definition) is 0. The van der Waals surface area contributed by atoms with Gasteiger partial charge in [0.1, 0.15) is 0 Å². The number of halogens is 1. The van der Waals surface area contributed by atoms with Crippen molar-refractivity contribution in [3.05, 3.63) is 0 Å². The van der Waals surface area contributed by atoms with Gasteiger partial charge in [0.25, 0.3) is 0 Å². The van der Waals surface area contributed by atoms with E-state index in [1.165, 1.54) is 6.42 Å². The summed E-state index contributed by atoms with van der Waals surface area (Å²) < 4.78 is 11.6. The van der Waals surface area contributed by atoms with Crippen molar-refractivity contribution in [1.29, 1.82) is 0 Å². The maximum atomic E-state index is 5.29. The molecule has 68 valence electrons. The first-order valence-corrected chi connectivity index (χ1v) is 5.65. The first-order valence-electron chi connectivity index (χ1n) is 4.13. The van der Waals surface area contributed by atoms with E-state index in [1.807, 2.05) is 0 Å². The maximum Gasteiger partial charge on any atom is 0.0700 e. The largest absolute Gasteiger partial charge is 0.379 e. The highest BCUT2D eigenvalue weighted by Gasteiger charge is 1.87. The summed E-state index contributed by atoms with van der Waals surface area (Å²) in [6.07, 6.45) is 2.36. The first kappa shape index (κ1) is 11.6. The Balaban J connectivity index is 2.69. The van der Waals surface area contributed by atoms with Gasteiger partial charge in [0.05, 0.1) is 19.8 Å². The van der Waals surface area contributed by atoms with Crippen LogP contribution in [0.2, 0.25) is 0 Å². The van der Waals surface area contributed by atoms with Gasteiger partial charge in [-0.05, 0) is 6.42 Å². The molecular weight excluding hydrogens is 255 g/mol. The predicted octanol–water partition coefficient (Wildman–Crippen LogP) is 2.25. The summed E-state index contributed by atoms with van der Waals surface area (Å²) >= 11 is 2.30. The highest BCUT2D eigenvalue weighted by Crippen LogP contribution is 1.88. The molecule has 11 heavy (non-hydrogen) atoms. The summed E-state index contributed by atoms with van der Waals surface area (Å²) in [5.41, 5.74) is 0. The Kier molecular flexibility index (Phi) is 11.3. The molecule has 0 saturated carbocycles. The van der Waals surface area contributed by atoms with Crippen LogP contribution in [-0.2, 0) is 9.47 Å². The van der Waals surface area contributed by atoms with Crippen molar-refractivity contribution in [2.75, 3.05) is 30.9 Å². The molecule has 0 aromatic heterocycles. The lowest BCUT2D eigenvalue weighted by Crippen LogP contribution is -2.06. The molecule has 0 aromatic rings. The summed E-state index contributed by atoms with van der Waals surface area (Å²) in [5, 5.41) is 0. The van der Waals surface area contributed by atoms with Crippen molar-refractivity contribution in [3.63, 3.8) is 0 Å². The summed E-state index contributed by atoms with van der Waals surface area (Å²) in [6, 6.07) is 0. The van der Waals surface area contributed by atoms with Crippen LogP contribution in [0.3, 0.4) is 0 Å². The molecule has 0 N–H and O–H groups in total. The normalized spacial score (nSPS) is 10.4. The van der Waals surface area contributed by atoms with Crippen LogP contribution in [-0.4, -0.2) is 30.9 Å².